The maximum absolute atomic E-state index is 12.5. The highest BCUT2D eigenvalue weighted by atomic mass is 16.5. The lowest BCUT2D eigenvalue weighted by atomic mass is 10.1. The van der Waals surface area contributed by atoms with Crippen LogP contribution in [0.25, 0.3) is 0 Å². The summed E-state index contributed by atoms with van der Waals surface area (Å²) in [7, 11) is 0. The molecule has 5 heteroatoms. The Balaban J connectivity index is 1.73. The van der Waals surface area contributed by atoms with E-state index in [2.05, 4.69) is 27.3 Å². The van der Waals surface area contributed by atoms with Crippen molar-refractivity contribution in [1.82, 2.24) is 15.2 Å². The molecule has 2 aromatic rings. The summed E-state index contributed by atoms with van der Waals surface area (Å²) < 4.78 is 5.40. The van der Waals surface area contributed by atoms with E-state index < -0.39 is 0 Å². The van der Waals surface area contributed by atoms with Gasteiger partial charge < -0.3 is 10.1 Å². The van der Waals surface area contributed by atoms with Gasteiger partial charge in [-0.2, -0.15) is 0 Å². The maximum Gasteiger partial charge on any atom is 0.253 e. The molecule has 1 unspecified atom stereocenters. The summed E-state index contributed by atoms with van der Waals surface area (Å²) in [6.45, 7) is 4.06. The third-order valence-electron chi connectivity index (χ3n) is 3.98. The number of morpholine rings is 1. The molecule has 0 radical (unpaired) electrons. The third kappa shape index (κ3) is 4.37. The molecule has 1 saturated heterocycles. The van der Waals surface area contributed by atoms with E-state index in [0.717, 1.165) is 38.4 Å². The number of rotatable bonds is 5. The zero-order chi connectivity index (χ0) is 15.9. The third-order valence-corrected chi connectivity index (χ3v) is 3.98. The number of aromatic nitrogens is 1. The van der Waals surface area contributed by atoms with Gasteiger partial charge in [-0.3, -0.25) is 14.7 Å². The fraction of sp³-hybridized carbons (Fsp3) is 0.333. The Bertz CT molecular complexity index is 613. The van der Waals surface area contributed by atoms with Gasteiger partial charge in [-0.25, -0.2) is 0 Å². The maximum atomic E-state index is 12.5. The summed E-state index contributed by atoms with van der Waals surface area (Å²) in [6, 6.07) is 13.6. The van der Waals surface area contributed by atoms with Gasteiger partial charge in [0.15, 0.2) is 0 Å². The van der Waals surface area contributed by atoms with Crippen LogP contribution in [0.15, 0.2) is 54.9 Å². The zero-order valence-electron chi connectivity index (χ0n) is 13.0. The fourth-order valence-electron chi connectivity index (χ4n) is 2.70. The van der Waals surface area contributed by atoms with Crippen LogP contribution in [0.2, 0.25) is 0 Å². The van der Waals surface area contributed by atoms with E-state index in [4.69, 9.17) is 4.74 Å². The van der Waals surface area contributed by atoms with E-state index in [9.17, 15) is 4.79 Å². The number of hydrogen-bond acceptors (Lipinski definition) is 4. The average Bonchev–Trinajstić information content (AvgIpc) is 2.63. The fourth-order valence-corrected chi connectivity index (χ4v) is 2.70. The highest BCUT2D eigenvalue weighted by molar-refractivity contribution is 5.94. The number of benzene rings is 1. The predicted molar refractivity (Wildman–Crippen MR) is 88.1 cm³/mol. The normalized spacial score (nSPS) is 16.7. The first-order chi connectivity index (χ1) is 11.3. The van der Waals surface area contributed by atoms with Crippen LogP contribution < -0.4 is 5.32 Å². The molecule has 0 bridgehead atoms. The summed E-state index contributed by atoms with van der Waals surface area (Å²) in [6.07, 6.45) is 3.26. The van der Waals surface area contributed by atoms with Crippen LogP contribution in [-0.2, 0) is 4.74 Å². The van der Waals surface area contributed by atoms with Crippen molar-refractivity contribution in [2.45, 2.75) is 6.04 Å². The second-order valence-electron chi connectivity index (χ2n) is 5.59. The molecule has 0 saturated carbocycles. The van der Waals surface area contributed by atoms with Crippen molar-refractivity contribution in [1.29, 1.82) is 0 Å². The van der Waals surface area contributed by atoms with Crippen molar-refractivity contribution in [3.05, 3.63) is 66.0 Å². The summed E-state index contributed by atoms with van der Waals surface area (Å²) >= 11 is 0. The van der Waals surface area contributed by atoms with Crippen LogP contribution in [0.1, 0.15) is 22.0 Å². The number of ether oxygens (including phenoxy) is 1. The smallest absolute Gasteiger partial charge is 0.253 e. The number of nitrogens with zero attached hydrogens (tertiary/aromatic N) is 2. The summed E-state index contributed by atoms with van der Waals surface area (Å²) in [5.74, 6) is -0.0970. The molecule has 1 aliphatic rings. The van der Waals surface area contributed by atoms with Crippen molar-refractivity contribution >= 4 is 5.91 Å². The van der Waals surface area contributed by atoms with Gasteiger partial charge in [0.05, 0.1) is 24.8 Å². The molecule has 1 atom stereocenters. The monoisotopic (exact) mass is 311 g/mol. The van der Waals surface area contributed by atoms with Crippen molar-refractivity contribution in [3.63, 3.8) is 0 Å². The Labute approximate surface area is 136 Å². The molecule has 1 aromatic heterocycles. The Morgan fingerprint density at radius 3 is 2.65 bits per heavy atom. The number of carbonyl (C=O) groups is 1. The molecule has 0 spiro atoms. The van der Waals surface area contributed by atoms with E-state index in [-0.39, 0.29) is 11.9 Å². The standard InChI is InChI=1S/C18H21N3O2/c22-18(16-7-4-8-19-13-16)20-17(15-5-2-1-3-6-15)14-21-9-11-23-12-10-21/h1-8,13,17H,9-12,14H2,(H,20,22). The largest absolute Gasteiger partial charge is 0.379 e. The van der Waals surface area contributed by atoms with Gasteiger partial charge in [0.1, 0.15) is 0 Å². The van der Waals surface area contributed by atoms with E-state index >= 15 is 0 Å². The van der Waals surface area contributed by atoms with Crippen molar-refractivity contribution in [3.8, 4) is 0 Å². The molecule has 23 heavy (non-hydrogen) atoms. The molecule has 5 nitrogen and oxygen atoms in total. The highest BCUT2D eigenvalue weighted by Crippen LogP contribution is 2.16. The molecule has 1 amide bonds. The predicted octanol–water partition coefficient (Wildman–Crippen LogP) is 1.88. The summed E-state index contributed by atoms with van der Waals surface area (Å²) in [5.41, 5.74) is 1.69. The summed E-state index contributed by atoms with van der Waals surface area (Å²) in [4.78, 5) is 18.8. The van der Waals surface area contributed by atoms with Gasteiger partial charge in [0.25, 0.3) is 5.91 Å². The van der Waals surface area contributed by atoms with Gasteiger partial charge in [0, 0.05) is 32.0 Å². The number of carbonyl (C=O) groups excluding carboxylic acids is 1. The first-order valence-electron chi connectivity index (χ1n) is 7.89. The van der Waals surface area contributed by atoms with Crippen molar-refractivity contribution in [2.75, 3.05) is 32.8 Å². The molecule has 2 heterocycles. The molecule has 1 aromatic carbocycles. The van der Waals surface area contributed by atoms with Crippen LogP contribution in [0.5, 0.6) is 0 Å². The molecule has 1 fully saturated rings. The molecule has 120 valence electrons. The molecular formula is C18H21N3O2. The lowest BCUT2D eigenvalue weighted by Gasteiger charge is -2.31. The quantitative estimate of drug-likeness (QED) is 0.916. The number of pyridine rings is 1. The van der Waals surface area contributed by atoms with E-state index in [1.54, 1.807) is 24.5 Å². The zero-order valence-corrected chi connectivity index (χ0v) is 13.0. The van der Waals surface area contributed by atoms with E-state index in [1.807, 2.05) is 18.2 Å². The van der Waals surface area contributed by atoms with Crippen LogP contribution >= 0.6 is 0 Å². The second-order valence-corrected chi connectivity index (χ2v) is 5.59. The molecule has 1 aliphatic heterocycles. The number of amides is 1. The van der Waals surface area contributed by atoms with Crippen LogP contribution in [0.4, 0.5) is 0 Å². The van der Waals surface area contributed by atoms with Crippen LogP contribution in [-0.4, -0.2) is 48.6 Å². The lowest BCUT2D eigenvalue weighted by molar-refractivity contribution is 0.0332. The molecule has 1 N–H and O–H groups in total. The minimum absolute atomic E-state index is 0.0537. The molecular weight excluding hydrogens is 290 g/mol. The number of hydrogen-bond donors (Lipinski definition) is 1. The van der Waals surface area contributed by atoms with Gasteiger partial charge >= 0.3 is 0 Å². The first-order valence-corrected chi connectivity index (χ1v) is 7.89. The molecule has 3 rings (SSSR count). The Hall–Kier alpha value is -2.24. The minimum Gasteiger partial charge on any atom is -0.379 e. The minimum atomic E-state index is -0.0970. The summed E-state index contributed by atoms with van der Waals surface area (Å²) in [5, 5.41) is 3.14. The molecule has 0 aliphatic carbocycles. The van der Waals surface area contributed by atoms with E-state index in [1.165, 1.54) is 0 Å². The van der Waals surface area contributed by atoms with Crippen LogP contribution in [0.3, 0.4) is 0 Å². The van der Waals surface area contributed by atoms with Gasteiger partial charge in [-0.15, -0.1) is 0 Å². The average molecular weight is 311 g/mol. The topological polar surface area (TPSA) is 54.5 Å². The highest BCUT2D eigenvalue weighted by Gasteiger charge is 2.20. The van der Waals surface area contributed by atoms with Gasteiger partial charge in [-0.05, 0) is 17.7 Å². The first kappa shape index (κ1) is 15.6. The Kier molecular flexibility index (Phi) is 5.34. The van der Waals surface area contributed by atoms with Gasteiger partial charge in [-0.1, -0.05) is 30.3 Å². The van der Waals surface area contributed by atoms with Gasteiger partial charge in [0.2, 0.25) is 0 Å². The number of nitrogens with one attached hydrogen (secondary N) is 1. The van der Waals surface area contributed by atoms with E-state index in [0.29, 0.717) is 5.56 Å². The van der Waals surface area contributed by atoms with Crippen LogP contribution in [0, 0.1) is 0 Å². The Morgan fingerprint density at radius 1 is 1.17 bits per heavy atom. The lowest BCUT2D eigenvalue weighted by Crippen LogP contribution is -2.43. The SMILES string of the molecule is O=C(NC(CN1CCOCC1)c1ccccc1)c1cccnc1. The Morgan fingerprint density at radius 2 is 1.96 bits per heavy atom. The van der Waals surface area contributed by atoms with Crippen molar-refractivity contribution < 1.29 is 9.53 Å². The second kappa shape index (κ2) is 7.85. The van der Waals surface area contributed by atoms with Crippen molar-refractivity contribution in [2.24, 2.45) is 0 Å².